The molecule has 1 aromatic heterocycles. The van der Waals surface area contributed by atoms with Gasteiger partial charge in [0.25, 0.3) is 5.91 Å². The molecular formula is C14H20N2O2S. The van der Waals surface area contributed by atoms with Gasteiger partial charge in [0.1, 0.15) is 0 Å². The number of carbonyl (C=O) groups is 2. The van der Waals surface area contributed by atoms with Crippen molar-refractivity contribution in [1.29, 1.82) is 0 Å². The van der Waals surface area contributed by atoms with Gasteiger partial charge in [-0.3, -0.25) is 9.59 Å². The number of carbonyl (C=O) groups excluding carboxylic acids is 2. The molecule has 19 heavy (non-hydrogen) atoms. The van der Waals surface area contributed by atoms with E-state index < -0.39 is 0 Å². The molecule has 2 amide bonds. The molecule has 0 unspecified atom stereocenters. The summed E-state index contributed by atoms with van der Waals surface area (Å²) in [5.41, 5.74) is 0. The third-order valence-corrected chi connectivity index (χ3v) is 4.22. The van der Waals surface area contributed by atoms with Crippen LogP contribution in [0.1, 0.15) is 35.9 Å². The number of hydrogen-bond acceptors (Lipinski definition) is 3. The van der Waals surface area contributed by atoms with Gasteiger partial charge in [-0.05, 0) is 30.7 Å². The van der Waals surface area contributed by atoms with E-state index in [0.29, 0.717) is 13.1 Å². The molecule has 0 spiro atoms. The minimum atomic E-state index is -0.0517. The maximum Gasteiger partial charge on any atom is 0.263 e. The van der Waals surface area contributed by atoms with E-state index >= 15 is 0 Å². The summed E-state index contributed by atoms with van der Waals surface area (Å²) in [7, 11) is 0. The summed E-state index contributed by atoms with van der Waals surface area (Å²) in [6.07, 6.45) is 2.72. The Hall–Kier alpha value is -1.36. The highest BCUT2D eigenvalue weighted by Crippen LogP contribution is 2.20. The SMILES string of the molecule is CCCNC(=O)[C@@H]1CCCN(C(=O)c2cccs2)C1. The molecule has 0 radical (unpaired) electrons. The highest BCUT2D eigenvalue weighted by atomic mass is 32.1. The Bertz CT molecular complexity index is 431. The summed E-state index contributed by atoms with van der Waals surface area (Å²) in [5.74, 6) is 0.0951. The van der Waals surface area contributed by atoms with E-state index in [1.165, 1.54) is 11.3 Å². The van der Waals surface area contributed by atoms with Crippen LogP contribution in [-0.2, 0) is 4.79 Å². The van der Waals surface area contributed by atoms with E-state index in [2.05, 4.69) is 5.32 Å². The quantitative estimate of drug-likeness (QED) is 0.918. The lowest BCUT2D eigenvalue weighted by Gasteiger charge is -2.31. The molecule has 0 aliphatic carbocycles. The lowest BCUT2D eigenvalue weighted by atomic mass is 9.97. The average molecular weight is 280 g/mol. The zero-order chi connectivity index (χ0) is 13.7. The van der Waals surface area contributed by atoms with Crippen LogP contribution in [-0.4, -0.2) is 36.3 Å². The second-order valence-corrected chi connectivity index (χ2v) is 5.81. The van der Waals surface area contributed by atoms with E-state index in [4.69, 9.17) is 0 Å². The topological polar surface area (TPSA) is 49.4 Å². The molecule has 1 atom stereocenters. The summed E-state index contributed by atoms with van der Waals surface area (Å²) in [4.78, 5) is 26.8. The Labute approximate surface area is 117 Å². The second-order valence-electron chi connectivity index (χ2n) is 4.86. The van der Waals surface area contributed by atoms with Gasteiger partial charge in [-0.1, -0.05) is 13.0 Å². The van der Waals surface area contributed by atoms with Gasteiger partial charge in [0.15, 0.2) is 0 Å². The molecule has 1 fully saturated rings. The van der Waals surface area contributed by atoms with Crippen LogP contribution in [0.5, 0.6) is 0 Å². The Morgan fingerprint density at radius 3 is 3.05 bits per heavy atom. The van der Waals surface area contributed by atoms with Crippen molar-refractivity contribution < 1.29 is 9.59 Å². The molecule has 5 heteroatoms. The number of hydrogen-bond donors (Lipinski definition) is 1. The molecule has 0 aromatic carbocycles. The molecular weight excluding hydrogens is 260 g/mol. The fraction of sp³-hybridized carbons (Fsp3) is 0.571. The lowest BCUT2D eigenvalue weighted by Crippen LogP contribution is -2.45. The molecule has 104 valence electrons. The molecule has 2 rings (SSSR count). The van der Waals surface area contributed by atoms with E-state index in [0.717, 1.165) is 30.7 Å². The normalized spacial score (nSPS) is 19.2. The van der Waals surface area contributed by atoms with E-state index in [9.17, 15) is 9.59 Å². The number of likely N-dealkylation sites (tertiary alicyclic amines) is 1. The fourth-order valence-corrected chi connectivity index (χ4v) is 3.02. The summed E-state index contributed by atoms with van der Waals surface area (Å²) in [5, 5.41) is 4.83. The standard InChI is InChI=1S/C14H20N2O2S/c1-2-7-15-13(17)11-5-3-8-16(10-11)14(18)12-6-4-9-19-12/h4,6,9,11H,2-3,5,7-8,10H2,1H3,(H,15,17)/t11-/m1/s1. The highest BCUT2D eigenvalue weighted by Gasteiger charge is 2.28. The third kappa shape index (κ3) is 3.56. The van der Waals surface area contributed by atoms with Crippen LogP contribution < -0.4 is 5.32 Å². The van der Waals surface area contributed by atoms with Gasteiger partial charge < -0.3 is 10.2 Å². The van der Waals surface area contributed by atoms with Crippen LogP contribution in [0.4, 0.5) is 0 Å². The van der Waals surface area contributed by atoms with Crippen molar-refractivity contribution in [2.24, 2.45) is 5.92 Å². The highest BCUT2D eigenvalue weighted by molar-refractivity contribution is 7.12. The van der Waals surface area contributed by atoms with E-state index in [1.807, 2.05) is 29.3 Å². The smallest absolute Gasteiger partial charge is 0.263 e. The second kappa shape index (κ2) is 6.70. The Balaban J connectivity index is 1.93. The van der Waals surface area contributed by atoms with Gasteiger partial charge in [0.05, 0.1) is 10.8 Å². The maximum atomic E-state index is 12.2. The molecule has 1 aliphatic rings. The Kier molecular flexibility index (Phi) is 4.96. The summed E-state index contributed by atoms with van der Waals surface area (Å²) >= 11 is 1.46. The summed E-state index contributed by atoms with van der Waals surface area (Å²) in [6, 6.07) is 3.72. The van der Waals surface area contributed by atoms with Crippen molar-refractivity contribution in [3.05, 3.63) is 22.4 Å². The van der Waals surface area contributed by atoms with Gasteiger partial charge in [0.2, 0.25) is 5.91 Å². The van der Waals surface area contributed by atoms with Crippen molar-refractivity contribution >= 4 is 23.2 Å². The lowest BCUT2D eigenvalue weighted by molar-refractivity contribution is -0.126. The van der Waals surface area contributed by atoms with Gasteiger partial charge in [-0.2, -0.15) is 0 Å². The van der Waals surface area contributed by atoms with Crippen molar-refractivity contribution in [3.8, 4) is 0 Å². The molecule has 1 aromatic rings. The number of nitrogens with zero attached hydrogens (tertiary/aromatic N) is 1. The summed E-state index contributed by atoms with van der Waals surface area (Å²) < 4.78 is 0. The zero-order valence-electron chi connectivity index (χ0n) is 11.2. The number of thiophene rings is 1. The van der Waals surface area contributed by atoms with Crippen LogP contribution >= 0.6 is 11.3 Å². The van der Waals surface area contributed by atoms with Crippen LogP contribution in [0.25, 0.3) is 0 Å². The van der Waals surface area contributed by atoms with E-state index in [-0.39, 0.29) is 17.7 Å². The molecule has 1 aliphatic heterocycles. The molecule has 1 N–H and O–H groups in total. The molecule has 4 nitrogen and oxygen atoms in total. The number of rotatable bonds is 4. The third-order valence-electron chi connectivity index (χ3n) is 3.36. The molecule has 0 saturated carbocycles. The average Bonchev–Trinajstić information content (AvgIpc) is 2.98. The first-order valence-corrected chi connectivity index (χ1v) is 7.70. The number of nitrogens with one attached hydrogen (secondary N) is 1. The first kappa shape index (κ1) is 14.1. The maximum absolute atomic E-state index is 12.2. The van der Waals surface area contributed by atoms with Gasteiger partial charge in [-0.15, -0.1) is 11.3 Å². The fourth-order valence-electron chi connectivity index (χ4n) is 2.32. The minimum absolute atomic E-state index is 0.0517. The van der Waals surface area contributed by atoms with Crippen LogP contribution in [0.3, 0.4) is 0 Å². The predicted molar refractivity (Wildman–Crippen MR) is 76.2 cm³/mol. The first-order chi connectivity index (χ1) is 9.22. The van der Waals surface area contributed by atoms with Crippen LogP contribution in [0, 0.1) is 5.92 Å². The number of amides is 2. The first-order valence-electron chi connectivity index (χ1n) is 6.83. The minimum Gasteiger partial charge on any atom is -0.356 e. The van der Waals surface area contributed by atoms with Crippen LogP contribution in [0.15, 0.2) is 17.5 Å². The molecule has 0 bridgehead atoms. The largest absolute Gasteiger partial charge is 0.356 e. The van der Waals surface area contributed by atoms with Crippen molar-refractivity contribution in [1.82, 2.24) is 10.2 Å². The van der Waals surface area contributed by atoms with Crippen molar-refractivity contribution in [2.75, 3.05) is 19.6 Å². The van der Waals surface area contributed by atoms with Crippen LogP contribution in [0.2, 0.25) is 0 Å². The van der Waals surface area contributed by atoms with E-state index in [1.54, 1.807) is 0 Å². The zero-order valence-corrected chi connectivity index (χ0v) is 12.0. The van der Waals surface area contributed by atoms with Gasteiger partial charge in [-0.25, -0.2) is 0 Å². The van der Waals surface area contributed by atoms with Gasteiger partial charge in [0, 0.05) is 19.6 Å². The Morgan fingerprint density at radius 1 is 1.53 bits per heavy atom. The summed E-state index contributed by atoms with van der Waals surface area (Å²) in [6.45, 7) is 4.06. The van der Waals surface area contributed by atoms with Crippen molar-refractivity contribution in [2.45, 2.75) is 26.2 Å². The molecule has 1 saturated heterocycles. The van der Waals surface area contributed by atoms with Gasteiger partial charge >= 0.3 is 0 Å². The molecule has 2 heterocycles. The van der Waals surface area contributed by atoms with Crippen molar-refractivity contribution in [3.63, 3.8) is 0 Å². The predicted octanol–water partition coefficient (Wildman–Crippen LogP) is 2.13. The monoisotopic (exact) mass is 280 g/mol. The Morgan fingerprint density at radius 2 is 2.37 bits per heavy atom. The number of piperidine rings is 1.